The molecule has 0 aromatic heterocycles. The van der Waals surface area contributed by atoms with Crippen LogP contribution in [0.15, 0.2) is 12.7 Å². The summed E-state index contributed by atoms with van der Waals surface area (Å²) in [5.74, 6) is -21.5. The lowest BCUT2D eigenvalue weighted by molar-refractivity contribution is -0.345. The number of hydrogen-bond acceptors (Lipinski definition) is 5. The zero-order chi connectivity index (χ0) is 16.2. The van der Waals surface area contributed by atoms with Crippen LogP contribution in [0.5, 0.6) is 0 Å². The fourth-order valence-electron chi connectivity index (χ4n) is 1.07. The maximum Gasteiger partial charge on any atom is 0.406 e. The lowest BCUT2D eigenvalue weighted by Gasteiger charge is -2.34. The van der Waals surface area contributed by atoms with E-state index in [9.17, 15) is 31.5 Å². The Bertz CT molecular complexity index is 367. The molecule has 0 spiro atoms. The van der Waals surface area contributed by atoms with Crippen molar-refractivity contribution in [1.82, 2.24) is 0 Å². The second-order valence-electron chi connectivity index (χ2n) is 3.33. The highest BCUT2D eigenvalue weighted by molar-refractivity contribution is 5.84. The van der Waals surface area contributed by atoms with E-state index in [4.69, 9.17) is 0 Å². The Balaban J connectivity index is 5.91. The minimum Gasteiger partial charge on any atom is -0.464 e. The highest BCUT2D eigenvalue weighted by Gasteiger charge is 2.79. The lowest BCUT2D eigenvalue weighted by Crippen LogP contribution is -2.65. The van der Waals surface area contributed by atoms with Gasteiger partial charge in [0.15, 0.2) is 0 Å². The summed E-state index contributed by atoms with van der Waals surface area (Å²) in [7, 11) is 0.834. The maximum absolute atomic E-state index is 14.0. The van der Waals surface area contributed by atoms with E-state index in [2.05, 4.69) is 20.8 Å². The van der Waals surface area contributed by atoms with Gasteiger partial charge in [-0.05, 0) is 0 Å². The topological polar surface area (TPSA) is 61.8 Å². The van der Waals surface area contributed by atoms with Crippen LogP contribution in [0.1, 0.15) is 0 Å². The summed E-state index contributed by atoms with van der Waals surface area (Å²) in [6.07, 6.45) is 0.662. The van der Waals surface area contributed by atoms with E-state index in [-0.39, 0.29) is 0 Å². The first-order chi connectivity index (χ1) is 9.02. The first-order valence-corrected chi connectivity index (χ1v) is 4.89. The molecule has 0 N–H and O–H groups in total. The Labute approximate surface area is 110 Å². The van der Waals surface area contributed by atoms with E-state index in [1.807, 2.05) is 0 Å². The van der Waals surface area contributed by atoms with E-state index >= 15 is 0 Å². The number of carbonyl (C=O) groups excluding carboxylic acids is 2. The second kappa shape index (κ2) is 6.16. The molecule has 0 saturated heterocycles. The van der Waals surface area contributed by atoms with Crippen molar-refractivity contribution in [3.63, 3.8) is 0 Å². The van der Waals surface area contributed by atoms with Gasteiger partial charge < -0.3 is 14.2 Å². The Morgan fingerprint density at radius 1 is 1.00 bits per heavy atom. The maximum atomic E-state index is 14.0. The summed E-state index contributed by atoms with van der Waals surface area (Å²) in [6.45, 7) is 1.81. The van der Waals surface area contributed by atoms with Crippen LogP contribution in [0.25, 0.3) is 0 Å². The van der Waals surface area contributed by atoms with Crippen LogP contribution in [-0.4, -0.2) is 50.5 Å². The van der Waals surface area contributed by atoms with Gasteiger partial charge in [-0.1, -0.05) is 6.08 Å². The third kappa shape index (κ3) is 2.74. The lowest BCUT2D eigenvalue weighted by atomic mass is 10.0. The fraction of sp³-hybridized carbons (Fsp3) is 0.600. The van der Waals surface area contributed by atoms with Gasteiger partial charge in [-0.15, -0.1) is 6.58 Å². The predicted octanol–water partition coefficient (Wildman–Crippen LogP) is 1.47. The van der Waals surface area contributed by atoms with Crippen LogP contribution in [0.3, 0.4) is 0 Å². The number of ether oxygens (including phenoxy) is 3. The molecule has 0 amide bonds. The molecule has 0 atom stereocenters. The van der Waals surface area contributed by atoms with E-state index in [1.165, 1.54) is 0 Å². The van der Waals surface area contributed by atoms with E-state index in [0.717, 1.165) is 0 Å². The third-order valence-corrected chi connectivity index (χ3v) is 2.09. The van der Waals surface area contributed by atoms with Gasteiger partial charge in [-0.3, -0.25) is 0 Å². The van der Waals surface area contributed by atoms with E-state index < -0.39 is 36.2 Å². The molecule has 0 aliphatic carbocycles. The monoisotopic (exact) mass is 306 g/mol. The molecule has 0 bridgehead atoms. The minimum absolute atomic E-state index is 0.417. The molecule has 5 nitrogen and oxygen atoms in total. The van der Waals surface area contributed by atoms with Gasteiger partial charge in [0.25, 0.3) is 0 Å². The molecule has 116 valence electrons. The molecule has 10 heteroatoms. The molecular weight excluding hydrogens is 295 g/mol. The van der Waals surface area contributed by atoms with Crippen molar-refractivity contribution < 1.29 is 45.8 Å². The Kier molecular flexibility index (Phi) is 5.63. The summed E-state index contributed by atoms with van der Waals surface area (Å²) in [6, 6.07) is 0. The third-order valence-electron chi connectivity index (χ3n) is 2.09. The molecule has 0 fully saturated rings. The standard InChI is InChI=1S/C10H11F5O5/c1-4-5-20-10(15,8(11,12)6(16)18-2)9(13,14)7(17)19-3/h4H,1,5H2,2-3H3. The smallest absolute Gasteiger partial charge is 0.406 e. The predicted molar refractivity (Wildman–Crippen MR) is 53.9 cm³/mol. The largest absolute Gasteiger partial charge is 0.464 e. The van der Waals surface area contributed by atoms with Crippen molar-refractivity contribution in [3.05, 3.63) is 12.7 Å². The Morgan fingerprint density at radius 3 is 1.60 bits per heavy atom. The van der Waals surface area contributed by atoms with Crippen molar-refractivity contribution >= 4 is 11.9 Å². The molecule has 0 aliphatic rings. The van der Waals surface area contributed by atoms with Crippen LogP contribution in [0.4, 0.5) is 22.0 Å². The zero-order valence-electron chi connectivity index (χ0n) is 10.4. The van der Waals surface area contributed by atoms with Gasteiger partial charge in [-0.2, -0.15) is 22.0 Å². The summed E-state index contributed by atoms with van der Waals surface area (Å²) in [5, 5.41) is 0. The highest BCUT2D eigenvalue weighted by atomic mass is 19.3. The van der Waals surface area contributed by atoms with Crippen LogP contribution in [0, 0.1) is 0 Å². The molecule has 0 aromatic rings. The van der Waals surface area contributed by atoms with Crippen molar-refractivity contribution in [3.8, 4) is 0 Å². The molecular formula is C10H11F5O5. The van der Waals surface area contributed by atoms with Crippen molar-refractivity contribution in [2.75, 3.05) is 20.8 Å². The molecule has 0 radical (unpaired) electrons. The average Bonchev–Trinajstić information content (AvgIpc) is 2.41. The van der Waals surface area contributed by atoms with E-state index in [0.29, 0.717) is 20.3 Å². The average molecular weight is 306 g/mol. The number of methoxy groups -OCH3 is 2. The van der Waals surface area contributed by atoms with Crippen LogP contribution >= 0.6 is 0 Å². The van der Waals surface area contributed by atoms with Crippen molar-refractivity contribution in [1.29, 1.82) is 0 Å². The molecule has 0 heterocycles. The second-order valence-corrected chi connectivity index (χ2v) is 3.33. The normalized spacial score (nSPS) is 12.8. The summed E-state index contributed by atoms with van der Waals surface area (Å²) in [4.78, 5) is 21.6. The van der Waals surface area contributed by atoms with E-state index in [1.54, 1.807) is 0 Å². The van der Waals surface area contributed by atoms with Crippen molar-refractivity contribution in [2.24, 2.45) is 0 Å². The van der Waals surface area contributed by atoms with Crippen LogP contribution < -0.4 is 0 Å². The molecule has 0 rings (SSSR count). The number of rotatable bonds is 7. The molecule has 0 saturated carbocycles. The summed E-state index contributed by atoms with van der Waals surface area (Å²) < 4.78 is 78.7. The van der Waals surface area contributed by atoms with Gasteiger partial charge in [0, 0.05) is 0 Å². The van der Waals surface area contributed by atoms with Gasteiger partial charge in [0.2, 0.25) is 0 Å². The Morgan fingerprint density at radius 2 is 1.35 bits per heavy atom. The van der Waals surface area contributed by atoms with Crippen LogP contribution in [-0.2, 0) is 23.8 Å². The minimum atomic E-state index is -5.47. The molecule has 20 heavy (non-hydrogen) atoms. The number of halogens is 5. The number of hydrogen-bond donors (Lipinski definition) is 0. The van der Waals surface area contributed by atoms with Gasteiger partial charge in [0.05, 0.1) is 20.8 Å². The van der Waals surface area contributed by atoms with Crippen molar-refractivity contribution in [2.45, 2.75) is 17.7 Å². The molecule has 0 unspecified atom stereocenters. The SMILES string of the molecule is C=CCOC(F)(C(F)(F)C(=O)OC)C(F)(F)C(=O)OC. The first kappa shape index (κ1) is 18.3. The summed E-state index contributed by atoms with van der Waals surface area (Å²) >= 11 is 0. The number of alkyl halides is 5. The van der Waals surface area contributed by atoms with Crippen LogP contribution in [0.2, 0.25) is 0 Å². The highest BCUT2D eigenvalue weighted by Crippen LogP contribution is 2.46. The van der Waals surface area contributed by atoms with Gasteiger partial charge in [-0.25, -0.2) is 9.59 Å². The number of esters is 2. The fourth-order valence-corrected chi connectivity index (χ4v) is 1.07. The van der Waals surface area contributed by atoms with Gasteiger partial charge >= 0.3 is 29.6 Å². The Hall–Kier alpha value is -1.71. The number of carbonyl (C=O) groups is 2. The summed E-state index contributed by atoms with van der Waals surface area (Å²) in [5.41, 5.74) is 0. The first-order valence-electron chi connectivity index (χ1n) is 4.89. The molecule has 0 aromatic carbocycles. The zero-order valence-corrected chi connectivity index (χ0v) is 10.4. The quantitative estimate of drug-likeness (QED) is 0.405. The van der Waals surface area contributed by atoms with Gasteiger partial charge in [0.1, 0.15) is 0 Å². The molecule has 0 aliphatic heterocycles.